The summed E-state index contributed by atoms with van der Waals surface area (Å²) in [5, 5.41) is 3.40. The third-order valence-corrected chi connectivity index (χ3v) is 11.3. The first-order valence-electron chi connectivity index (χ1n) is 14.3. The second kappa shape index (κ2) is 11.1. The molecule has 1 heterocycles. The molecule has 0 radical (unpaired) electrons. The Labute approximate surface area is 232 Å². The van der Waals surface area contributed by atoms with E-state index in [1.807, 2.05) is 25.1 Å². The lowest BCUT2D eigenvalue weighted by Crippen LogP contribution is -2.59. The number of rotatable bonds is 11. The first-order valence-corrected chi connectivity index (χ1v) is 14.3. The second-order valence-corrected chi connectivity index (χ2v) is 13.8. The summed E-state index contributed by atoms with van der Waals surface area (Å²) in [6.07, 6.45) is 1.76. The largest absolute Gasteiger partial charge is 0.459 e. The maximum absolute atomic E-state index is 13.2. The SMILES string of the molecule is CCN(C)C(=O)Oc1ccc2c(c1)NCC2CCC(=O)OC(C)(C)C(C)(C)C(C)(C)C(C)(C)C(C)(C)CC. The minimum absolute atomic E-state index is 0.000287. The van der Waals surface area contributed by atoms with Crippen LogP contribution < -0.4 is 10.1 Å². The van der Waals surface area contributed by atoms with Crippen molar-refractivity contribution in [3.05, 3.63) is 23.8 Å². The van der Waals surface area contributed by atoms with E-state index in [1.54, 1.807) is 7.05 Å². The molecule has 0 saturated carbocycles. The van der Waals surface area contributed by atoms with Crippen LogP contribution in [0.5, 0.6) is 5.75 Å². The molecule has 1 aliphatic rings. The molecule has 0 fully saturated rings. The summed E-state index contributed by atoms with van der Waals surface area (Å²) in [6, 6.07) is 5.68. The molecular formula is C32H54N2O4. The van der Waals surface area contributed by atoms with Crippen LogP contribution >= 0.6 is 0 Å². The number of carbonyl (C=O) groups excluding carboxylic acids is 2. The Bertz CT molecular complexity index is 1010. The van der Waals surface area contributed by atoms with Crippen molar-refractivity contribution in [2.24, 2.45) is 21.7 Å². The zero-order chi connectivity index (χ0) is 29.3. The smallest absolute Gasteiger partial charge is 0.414 e. The number of nitrogens with one attached hydrogen (secondary N) is 1. The van der Waals surface area contributed by atoms with E-state index < -0.39 is 5.60 Å². The van der Waals surface area contributed by atoms with E-state index in [-0.39, 0.29) is 39.6 Å². The molecule has 216 valence electrons. The molecule has 1 aromatic carbocycles. The molecule has 1 unspecified atom stereocenters. The number of anilines is 1. The number of fused-ring (bicyclic) bond motifs is 1. The molecule has 1 atom stereocenters. The van der Waals surface area contributed by atoms with Crippen molar-refractivity contribution in [1.29, 1.82) is 0 Å². The molecule has 0 bridgehead atoms. The Kier molecular flexibility index (Phi) is 9.33. The van der Waals surface area contributed by atoms with Crippen molar-refractivity contribution in [2.45, 2.75) is 114 Å². The fraction of sp³-hybridized carbons (Fsp3) is 0.750. The Morgan fingerprint density at radius 3 is 2.11 bits per heavy atom. The minimum Gasteiger partial charge on any atom is -0.459 e. The van der Waals surface area contributed by atoms with Crippen LogP contribution in [0.2, 0.25) is 0 Å². The van der Waals surface area contributed by atoms with Crippen LogP contribution in [-0.2, 0) is 9.53 Å². The van der Waals surface area contributed by atoms with Crippen molar-refractivity contribution in [3.8, 4) is 5.75 Å². The normalized spacial score (nSPS) is 16.5. The zero-order valence-corrected chi connectivity index (χ0v) is 26.4. The molecule has 1 N–H and O–H groups in total. The molecule has 0 spiro atoms. The molecule has 1 aliphatic heterocycles. The Hall–Kier alpha value is -2.24. The number of nitrogens with zero attached hydrogens (tertiary/aromatic N) is 1. The number of amides is 1. The summed E-state index contributed by atoms with van der Waals surface area (Å²) in [7, 11) is 1.71. The molecule has 2 rings (SSSR count). The van der Waals surface area contributed by atoms with E-state index in [0.29, 0.717) is 25.1 Å². The lowest BCUT2D eigenvalue weighted by molar-refractivity contribution is -0.203. The molecule has 6 nitrogen and oxygen atoms in total. The van der Waals surface area contributed by atoms with Crippen LogP contribution in [0.15, 0.2) is 18.2 Å². The van der Waals surface area contributed by atoms with E-state index in [1.165, 1.54) is 4.90 Å². The molecule has 1 amide bonds. The Morgan fingerprint density at radius 1 is 0.947 bits per heavy atom. The molecule has 0 aromatic heterocycles. The van der Waals surface area contributed by atoms with Gasteiger partial charge in [0.25, 0.3) is 0 Å². The van der Waals surface area contributed by atoms with Gasteiger partial charge in [-0.2, -0.15) is 0 Å². The van der Waals surface area contributed by atoms with Crippen LogP contribution in [0.4, 0.5) is 10.5 Å². The first kappa shape index (κ1) is 32.0. The van der Waals surface area contributed by atoms with Crippen LogP contribution in [0.1, 0.15) is 114 Å². The quantitative estimate of drug-likeness (QED) is 0.292. The molecular weight excluding hydrogens is 476 g/mol. The van der Waals surface area contributed by atoms with E-state index >= 15 is 0 Å². The van der Waals surface area contributed by atoms with Gasteiger partial charge in [-0.25, -0.2) is 4.79 Å². The average Bonchev–Trinajstić information content (AvgIpc) is 3.23. The van der Waals surface area contributed by atoms with Gasteiger partial charge < -0.3 is 19.7 Å². The van der Waals surface area contributed by atoms with Gasteiger partial charge in [-0.1, -0.05) is 74.8 Å². The van der Waals surface area contributed by atoms with Crippen LogP contribution in [0, 0.1) is 21.7 Å². The van der Waals surface area contributed by atoms with Crippen LogP contribution in [0.25, 0.3) is 0 Å². The first-order chi connectivity index (χ1) is 17.3. The number of ether oxygens (including phenoxy) is 2. The van der Waals surface area contributed by atoms with Gasteiger partial charge in [0.05, 0.1) is 0 Å². The summed E-state index contributed by atoms with van der Waals surface area (Å²) < 4.78 is 11.7. The van der Waals surface area contributed by atoms with Crippen LogP contribution in [-0.4, -0.2) is 42.7 Å². The maximum Gasteiger partial charge on any atom is 0.414 e. The predicted octanol–water partition coefficient (Wildman–Crippen LogP) is 8.26. The maximum atomic E-state index is 13.2. The number of carbonyl (C=O) groups is 2. The lowest BCUT2D eigenvalue weighted by Gasteiger charge is -2.62. The van der Waals surface area contributed by atoms with E-state index in [4.69, 9.17) is 9.47 Å². The van der Waals surface area contributed by atoms with Crippen molar-refractivity contribution in [1.82, 2.24) is 4.90 Å². The van der Waals surface area contributed by atoms with Gasteiger partial charge >= 0.3 is 12.1 Å². The highest BCUT2D eigenvalue weighted by molar-refractivity contribution is 5.72. The van der Waals surface area contributed by atoms with Crippen molar-refractivity contribution in [3.63, 3.8) is 0 Å². The topological polar surface area (TPSA) is 67.9 Å². The van der Waals surface area contributed by atoms with E-state index in [2.05, 4.69) is 81.5 Å². The summed E-state index contributed by atoms with van der Waals surface area (Å²) in [6.45, 7) is 28.1. The second-order valence-electron chi connectivity index (χ2n) is 13.8. The van der Waals surface area contributed by atoms with Crippen molar-refractivity contribution in [2.75, 3.05) is 25.5 Å². The highest BCUT2D eigenvalue weighted by Crippen LogP contribution is 2.63. The third kappa shape index (κ3) is 5.84. The standard InChI is InChI=1S/C32H54N2O4/c1-14-28(3,4)29(5,6)30(7,8)31(9,10)32(11,12)38-26(35)19-16-22-21-33-25-20-23(17-18-24(22)25)37-27(36)34(13)15-2/h17-18,20,22,33H,14-16,19,21H2,1-13H3. The minimum atomic E-state index is -0.648. The Balaban J connectivity index is 2.07. The number of benzene rings is 1. The molecule has 1 aromatic rings. The van der Waals surface area contributed by atoms with Crippen molar-refractivity contribution < 1.29 is 19.1 Å². The van der Waals surface area contributed by atoms with Gasteiger partial charge in [0.15, 0.2) is 0 Å². The highest BCUT2D eigenvalue weighted by atomic mass is 16.6. The van der Waals surface area contributed by atoms with Gasteiger partial charge in [0.2, 0.25) is 0 Å². The van der Waals surface area contributed by atoms with Gasteiger partial charge in [-0.05, 0) is 55.1 Å². The summed E-state index contributed by atoms with van der Waals surface area (Å²) in [5.74, 6) is 0.563. The molecule has 6 heteroatoms. The average molecular weight is 531 g/mol. The number of hydrogen-bond donors (Lipinski definition) is 1. The van der Waals surface area contributed by atoms with Gasteiger partial charge in [0, 0.05) is 49.6 Å². The van der Waals surface area contributed by atoms with Crippen LogP contribution in [0.3, 0.4) is 0 Å². The Morgan fingerprint density at radius 2 is 1.55 bits per heavy atom. The zero-order valence-electron chi connectivity index (χ0n) is 26.4. The van der Waals surface area contributed by atoms with Gasteiger partial charge in [-0.3, -0.25) is 4.79 Å². The number of esters is 1. The molecule has 0 aliphatic carbocycles. The van der Waals surface area contributed by atoms with E-state index in [9.17, 15) is 9.59 Å². The monoisotopic (exact) mass is 530 g/mol. The fourth-order valence-corrected chi connectivity index (χ4v) is 5.59. The summed E-state index contributed by atoms with van der Waals surface area (Å²) in [5.41, 5.74) is 1.17. The third-order valence-electron chi connectivity index (χ3n) is 11.3. The summed E-state index contributed by atoms with van der Waals surface area (Å²) in [4.78, 5) is 26.8. The van der Waals surface area contributed by atoms with Crippen molar-refractivity contribution >= 4 is 17.7 Å². The molecule has 0 saturated heterocycles. The molecule has 38 heavy (non-hydrogen) atoms. The highest BCUT2D eigenvalue weighted by Gasteiger charge is 2.59. The lowest BCUT2D eigenvalue weighted by atomic mass is 9.44. The van der Waals surface area contributed by atoms with E-state index in [0.717, 1.165) is 24.2 Å². The van der Waals surface area contributed by atoms with Gasteiger partial charge in [-0.15, -0.1) is 0 Å². The fourth-order valence-electron chi connectivity index (χ4n) is 5.59. The predicted molar refractivity (Wildman–Crippen MR) is 157 cm³/mol. The number of hydrogen-bond acceptors (Lipinski definition) is 5. The van der Waals surface area contributed by atoms with Gasteiger partial charge in [0.1, 0.15) is 11.4 Å². The summed E-state index contributed by atoms with van der Waals surface area (Å²) >= 11 is 0.